The number of aromatic nitrogens is 1. The largest absolute Gasteiger partial charge is 0.309 e. The maximum Gasteiger partial charge on any atom is 0.242 e. The Balaban J connectivity index is 1.92. The first-order chi connectivity index (χ1) is 9.56. The fourth-order valence-electron chi connectivity index (χ4n) is 1.69. The first-order valence-electron chi connectivity index (χ1n) is 6.20. The topological polar surface area (TPSA) is 45.2 Å². The second-order valence-corrected chi connectivity index (χ2v) is 5.79. The van der Waals surface area contributed by atoms with E-state index >= 15 is 0 Å². The zero-order chi connectivity index (χ0) is 14.5. The molecule has 2 heterocycles. The van der Waals surface area contributed by atoms with Gasteiger partial charge in [-0.3, -0.25) is 9.69 Å². The van der Waals surface area contributed by atoms with Gasteiger partial charge in [0.05, 0.1) is 11.1 Å². The number of hydrogen-bond donors (Lipinski definition) is 1. The average Bonchev–Trinajstić information content (AvgIpc) is 2.93. The lowest BCUT2D eigenvalue weighted by molar-refractivity contribution is -0.120. The van der Waals surface area contributed by atoms with E-state index in [1.165, 1.54) is 11.8 Å². The molecule has 0 aromatic carbocycles. The highest BCUT2D eigenvalue weighted by molar-refractivity contribution is 7.07. The molecule has 2 aromatic heterocycles. The third-order valence-corrected chi connectivity index (χ3v) is 3.99. The summed E-state index contributed by atoms with van der Waals surface area (Å²) in [6.07, 6.45) is 1.51. The van der Waals surface area contributed by atoms with Crippen molar-refractivity contribution in [1.82, 2.24) is 9.88 Å². The van der Waals surface area contributed by atoms with Gasteiger partial charge in [0.25, 0.3) is 0 Å². The van der Waals surface area contributed by atoms with E-state index in [1.54, 1.807) is 23.5 Å². The highest BCUT2D eigenvalue weighted by atomic mass is 35.5. The number of halogens is 1. The van der Waals surface area contributed by atoms with E-state index in [9.17, 15) is 4.79 Å². The maximum absolute atomic E-state index is 12.1. The van der Waals surface area contributed by atoms with Crippen molar-refractivity contribution < 1.29 is 4.79 Å². The number of carbonyl (C=O) groups is 1. The van der Waals surface area contributed by atoms with Crippen LogP contribution in [0.4, 0.5) is 5.82 Å². The average molecular weight is 310 g/mol. The van der Waals surface area contributed by atoms with Crippen LogP contribution in [0, 0.1) is 0 Å². The van der Waals surface area contributed by atoms with Gasteiger partial charge < -0.3 is 5.32 Å². The van der Waals surface area contributed by atoms with Crippen molar-refractivity contribution in [1.29, 1.82) is 0 Å². The number of rotatable bonds is 5. The van der Waals surface area contributed by atoms with Crippen molar-refractivity contribution in [2.24, 2.45) is 0 Å². The minimum atomic E-state index is -0.243. The van der Waals surface area contributed by atoms with E-state index < -0.39 is 0 Å². The third-order valence-electron chi connectivity index (χ3n) is 3.03. The summed E-state index contributed by atoms with van der Waals surface area (Å²) in [5.41, 5.74) is 1.21. The third kappa shape index (κ3) is 4.03. The van der Waals surface area contributed by atoms with Crippen LogP contribution in [0.5, 0.6) is 0 Å². The lowest BCUT2D eigenvalue weighted by Gasteiger charge is -2.23. The first-order valence-corrected chi connectivity index (χ1v) is 7.52. The molecule has 0 aliphatic heterocycles. The van der Waals surface area contributed by atoms with Gasteiger partial charge in [-0.15, -0.1) is 0 Å². The highest BCUT2D eigenvalue weighted by Gasteiger charge is 2.18. The fraction of sp³-hybridized carbons (Fsp3) is 0.286. The van der Waals surface area contributed by atoms with Gasteiger partial charge in [0.1, 0.15) is 5.82 Å². The van der Waals surface area contributed by atoms with Crippen LogP contribution in [-0.4, -0.2) is 28.9 Å². The maximum atomic E-state index is 12.1. The Bertz CT molecular complexity index is 556. The number of anilines is 1. The van der Waals surface area contributed by atoms with E-state index in [-0.39, 0.29) is 11.9 Å². The monoisotopic (exact) mass is 309 g/mol. The lowest BCUT2D eigenvalue weighted by Crippen LogP contribution is -2.39. The highest BCUT2D eigenvalue weighted by Crippen LogP contribution is 2.13. The van der Waals surface area contributed by atoms with Gasteiger partial charge in [0.2, 0.25) is 5.91 Å². The zero-order valence-corrected chi connectivity index (χ0v) is 12.9. The summed E-state index contributed by atoms with van der Waals surface area (Å²) in [6.45, 7) is 2.61. The summed E-state index contributed by atoms with van der Waals surface area (Å²) < 4.78 is 0. The molecule has 2 aromatic rings. The molecule has 0 aliphatic rings. The molecule has 2 rings (SSSR count). The van der Waals surface area contributed by atoms with Crippen molar-refractivity contribution in [2.75, 3.05) is 12.4 Å². The Morgan fingerprint density at radius 1 is 1.50 bits per heavy atom. The Morgan fingerprint density at radius 2 is 2.30 bits per heavy atom. The summed E-state index contributed by atoms with van der Waals surface area (Å²) in [5.74, 6) is 0.424. The van der Waals surface area contributed by atoms with Crippen LogP contribution in [-0.2, 0) is 11.3 Å². The van der Waals surface area contributed by atoms with Gasteiger partial charge in [-0.1, -0.05) is 11.6 Å². The molecule has 1 N–H and O–H groups in total. The molecule has 0 radical (unpaired) electrons. The molecule has 1 atom stereocenters. The second kappa shape index (κ2) is 6.83. The fourth-order valence-corrected chi connectivity index (χ4v) is 2.46. The Morgan fingerprint density at radius 3 is 2.90 bits per heavy atom. The first kappa shape index (κ1) is 15.0. The quantitative estimate of drug-likeness (QED) is 0.922. The minimum absolute atomic E-state index is 0.0856. The molecule has 1 amide bonds. The predicted molar refractivity (Wildman–Crippen MR) is 83.1 cm³/mol. The van der Waals surface area contributed by atoms with Gasteiger partial charge in [0, 0.05) is 12.7 Å². The summed E-state index contributed by atoms with van der Waals surface area (Å²) in [6, 6.07) is 5.20. The molecule has 0 saturated carbocycles. The van der Waals surface area contributed by atoms with Gasteiger partial charge in [-0.05, 0) is 48.5 Å². The SMILES string of the molecule is CC(C(=O)Nc1ccc(Cl)cn1)N(C)Cc1ccsc1. The molecule has 0 saturated heterocycles. The Hall–Kier alpha value is -1.43. The smallest absolute Gasteiger partial charge is 0.242 e. The van der Waals surface area contributed by atoms with Crippen molar-refractivity contribution in [3.63, 3.8) is 0 Å². The van der Waals surface area contributed by atoms with Crippen LogP contribution < -0.4 is 5.32 Å². The van der Waals surface area contributed by atoms with Crippen molar-refractivity contribution in [3.8, 4) is 0 Å². The van der Waals surface area contributed by atoms with E-state index in [0.29, 0.717) is 10.8 Å². The zero-order valence-electron chi connectivity index (χ0n) is 11.3. The lowest BCUT2D eigenvalue weighted by atomic mass is 10.2. The molecule has 1 unspecified atom stereocenters. The predicted octanol–water partition coefficient (Wildman–Crippen LogP) is 3.26. The standard InChI is InChI=1S/C14H16ClN3OS/c1-10(18(2)8-11-5-6-20-9-11)14(19)17-13-4-3-12(15)7-16-13/h3-7,9-10H,8H2,1-2H3,(H,16,17,19). The van der Waals surface area contributed by atoms with E-state index in [0.717, 1.165) is 6.54 Å². The molecule has 6 heteroatoms. The number of nitrogens with zero attached hydrogens (tertiary/aromatic N) is 2. The number of carbonyl (C=O) groups excluding carboxylic acids is 1. The number of pyridine rings is 1. The summed E-state index contributed by atoms with van der Waals surface area (Å²) >= 11 is 7.41. The van der Waals surface area contributed by atoms with Crippen molar-refractivity contribution in [3.05, 3.63) is 45.7 Å². The van der Waals surface area contributed by atoms with Crippen LogP contribution in [0.25, 0.3) is 0 Å². The molecular weight excluding hydrogens is 294 g/mol. The van der Waals surface area contributed by atoms with Crippen molar-refractivity contribution in [2.45, 2.75) is 19.5 Å². The van der Waals surface area contributed by atoms with E-state index in [1.807, 2.05) is 24.3 Å². The second-order valence-electron chi connectivity index (χ2n) is 4.57. The summed E-state index contributed by atoms with van der Waals surface area (Å²) in [5, 5.41) is 7.45. The van der Waals surface area contributed by atoms with Gasteiger partial charge >= 0.3 is 0 Å². The Kier molecular flexibility index (Phi) is 5.11. The number of nitrogens with one attached hydrogen (secondary N) is 1. The number of thiophene rings is 1. The molecule has 0 fully saturated rings. The molecule has 20 heavy (non-hydrogen) atoms. The number of amides is 1. The van der Waals surface area contributed by atoms with Crippen LogP contribution in [0.15, 0.2) is 35.2 Å². The number of likely N-dealkylation sites (N-methyl/N-ethyl adjacent to an activating group) is 1. The normalized spacial score (nSPS) is 12.4. The molecular formula is C14H16ClN3OS. The van der Waals surface area contributed by atoms with Crippen molar-refractivity contribution >= 4 is 34.7 Å². The van der Waals surface area contributed by atoms with Gasteiger partial charge in [-0.25, -0.2) is 4.98 Å². The minimum Gasteiger partial charge on any atom is -0.309 e. The van der Waals surface area contributed by atoms with Crippen LogP contribution in [0.1, 0.15) is 12.5 Å². The van der Waals surface area contributed by atoms with Gasteiger partial charge in [-0.2, -0.15) is 11.3 Å². The summed E-state index contributed by atoms with van der Waals surface area (Å²) in [4.78, 5) is 18.2. The van der Waals surface area contributed by atoms with E-state index in [4.69, 9.17) is 11.6 Å². The van der Waals surface area contributed by atoms with Gasteiger partial charge in [0.15, 0.2) is 0 Å². The molecule has 106 valence electrons. The molecule has 4 nitrogen and oxygen atoms in total. The summed E-state index contributed by atoms with van der Waals surface area (Å²) in [7, 11) is 1.93. The Labute approximate surface area is 127 Å². The molecule has 0 aliphatic carbocycles. The number of hydrogen-bond acceptors (Lipinski definition) is 4. The van der Waals surface area contributed by atoms with E-state index in [2.05, 4.69) is 21.7 Å². The molecule has 0 spiro atoms. The molecule has 0 bridgehead atoms. The van der Waals surface area contributed by atoms with Crippen LogP contribution >= 0.6 is 22.9 Å². The van der Waals surface area contributed by atoms with Crippen LogP contribution in [0.2, 0.25) is 5.02 Å². The van der Waals surface area contributed by atoms with Crippen LogP contribution in [0.3, 0.4) is 0 Å².